The summed E-state index contributed by atoms with van der Waals surface area (Å²) in [7, 11) is 0. The quantitative estimate of drug-likeness (QED) is 0.282. The molecule has 0 rings (SSSR count). The van der Waals surface area contributed by atoms with Gasteiger partial charge >= 0.3 is 0 Å². The van der Waals surface area contributed by atoms with E-state index in [2.05, 4.69) is 17.6 Å². The minimum Gasteiger partial charge on any atom is -0.330 e. The summed E-state index contributed by atoms with van der Waals surface area (Å²) in [5.41, 5.74) is 11.0. The molecule has 0 saturated heterocycles. The molecule has 18 heavy (non-hydrogen) atoms. The van der Waals surface area contributed by atoms with Crippen LogP contribution in [0.1, 0.15) is 58.3 Å². The fourth-order valence-electron chi connectivity index (χ4n) is 1.99. The number of nitrogens with two attached hydrogens (primary N) is 2. The van der Waals surface area contributed by atoms with Gasteiger partial charge in [0.25, 0.3) is 0 Å². The number of hydrogen-bond donors (Lipinski definition) is 4. The van der Waals surface area contributed by atoms with E-state index in [1.54, 1.807) is 0 Å². The standard InChI is InChI=1S/C14H34N4/c1-2-3-4-5-6-9-14(17-12-7-10-15)18-13-8-11-16/h14,17-18H,2-13,15-16H2,1H3. The van der Waals surface area contributed by atoms with Crippen molar-refractivity contribution in [2.24, 2.45) is 11.5 Å². The number of hydrogen-bond acceptors (Lipinski definition) is 4. The Bertz CT molecular complexity index is 143. The Hall–Kier alpha value is -0.160. The zero-order chi connectivity index (χ0) is 13.5. The van der Waals surface area contributed by atoms with Crippen LogP contribution in [-0.2, 0) is 0 Å². The van der Waals surface area contributed by atoms with Crippen molar-refractivity contribution in [2.75, 3.05) is 26.2 Å². The van der Waals surface area contributed by atoms with Crippen molar-refractivity contribution in [3.8, 4) is 0 Å². The first-order valence-corrected chi connectivity index (χ1v) is 7.72. The second-order valence-corrected chi connectivity index (χ2v) is 4.95. The van der Waals surface area contributed by atoms with Crippen molar-refractivity contribution in [2.45, 2.75) is 64.5 Å². The summed E-state index contributed by atoms with van der Waals surface area (Å²) in [6.07, 6.45) is 10.4. The van der Waals surface area contributed by atoms with Gasteiger partial charge in [0, 0.05) is 0 Å². The molecule has 0 atom stereocenters. The lowest BCUT2D eigenvalue weighted by atomic mass is 10.1. The highest BCUT2D eigenvalue weighted by atomic mass is 15.1. The van der Waals surface area contributed by atoms with Gasteiger partial charge < -0.3 is 22.1 Å². The molecule has 6 N–H and O–H groups in total. The topological polar surface area (TPSA) is 76.1 Å². The fourth-order valence-corrected chi connectivity index (χ4v) is 1.99. The molecule has 0 aliphatic carbocycles. The van der Waals surface area contributed by atoms with Crippen LogP contribution in [0.3, 0.4) is 0 Å². The van der Waals surface area contributed by atoms with E-state index < -0.39 is 0 Å². The average Bonchev–Trinajstić information content (AvgIpc) is 2.38. The maximum absolute atomic E-state index is 5.51. The molecular formula is C14H34N4. The largest absolute Gasteiger partial charge is 0.330 e. The molecule has 0 aromatic carbocycles. The van der Waals surface area contributed by atoms with E-state index in [1.165, 1.54) is 38.5 Å². The van der Waals surface area contributed by atoms with E-state index in [9.17, 15) is 0 Å². The summed E-state index contributed by atoms with van der Waals surface area (Å²) in [6.45, 7) is 5.79. The molecule has 0 aromatic heterocycles. The first kappa shape index (κ1) is 17.8. The summed E-state index contributed by atoms with van der Waals surface area (Å²) < 4.78 is 0. The van der Waals surface area contributed by atoms with Gasteiger partial charge in [-0.25, -0.2) is 0 Å². The van der Waals surface area contributed by atoms with Crippen molar-refractivity contribution in [3.63, 3.8) is 0 Å². The van der Waals surface area contributed by atoms with Crippen molar-refractivity contribution in [3.05, 3.63) is 0 Å². The second kappa shape index (κ2) is 14.9. The van der Waals surface area contributed by atoms with Gasteiger partial charge in [0.2, 0.25) is 0 Å². The molecule has 0 saturated carbocycles. The van der Waals surface area contributed by atoms with Gasteiger partial charge in [-0.15, -0.1) is 0 Å². The number of unbranched alkanes of at least 4 members (excludes halogenated alkanes) is 4. The van der Waals surface area contributed by atoms with Gasteiger partial charge in [-0.05, 0) is 45.4 Å². The second-order valence-electron chi connectivity index (χ2n) is 4.95. The third-order valence-corrected chi connectivity index (χ3v) is 3.14. The Balaban J connectivity index is 3.60. The molecule has 0 spiro atoms. The molecule has 0 heterocycles. The normalized spacial score (nSPS) is 11.3. The summed E-state index contributed by atoms with van der Waals surface area (Å²) in [5.74, 6) is 0. The molecule has 0 aliphatic heterocycles. The third kappa shape index (κ3) is 12.3. The molecule has 4 nitrogen and oxygen atoms in total. The van der Waals surface area contributed by atoms with Crippen LogP contribution in [0.5, 0.6) is 0 Å². The van der Waals surface area contributed by atoms with Crippen LogP contribution in [0.15, 0.2) is 0 Å². The highest BCUT2D eigenvalue weighted by molar-refractivity contribution is 4.65. The summed E-state index contributed by atoms with van der Waals surface area (Å²) in [5, 5.41) is 7.08. The van der Waals surface area contributed by atoms with E-state index >= 15 is 0 Å². The molecule has 0 bridgehead atoms. The van der Waals surface area contributed by atoms with Crippen molar-refractivity contribution in [1.82, 2.24) is 10.6 Å². The summed E-state index contributed by atoms with van der Waals surface area (Å²) in [6, 6.07) is 0. The SMILES string of the molecule is CCCCCCCC(NCCCN)NCCCN. The molecule has 4 heteroatoms. The Labute approximate surface area is 113 Å². The van der Waals surface area contributed by atoms with Crippen LogP contribution in [0.25, 0.3) is 0 Å². The third-order valence-electron chi connectivity index (χ3n) is 3.14. The minimum atomic E-state index is 0.435. The zero-order valence-corrected chi connectivity index (χ0v) is 12.2. The van der Waals surface area contributed by atoms with Crippen LogP contribution in [0.4, 0.5) is 0 Å². The molecular weight excluding hydrogens is 224 g/mol. The zero-order valence-electron chi connectivity index (χ0n) is 12.2. The van der Waals surface area contributed by atoms with Gasteiger partial charge in [0.05, 0.1) is 6.17 Å². The first-order chi connectivity index (χ1) is 8.85. The summed E-state index contributed by atoms with van der Waals surface area (Å²) >= 11 is 0. The monoisotopic (exact) mass is 258 g/mol. The predicted molar refractivity (Wildman–Crippen MR) is 80.5 cm³/mol. The molecule has 0 aliphatic rings. The van der Waals surface area contributed by atoms with Gasteiger partial charge in [0.15, 0.2) is 0 Å². The number of rotatable bonds is 14. The number of nitrogens with one attached hydrogen (secondary N) is 2. The fraction of sp³-hybridized carbons (Fsp3) is 1.00. The maximum Gasteiger partial charge on any atom is 0.0571 e. The summed E-state index contributed by atoms with van der Waals surface area (Å²) in [4.78, 5) is 0. The van der Waals surface area contributed by atoms with Crippen LogP contribution >= 0.6 is 0 Å². The van der Waals surface area contributed by atoms with Crippen LogP contribution in [-0.4, -0.2) is 32.3 Å². The van der Waals surface area contributed by atoms with Gasteiger partial charge in [-0.2, -0.15) is 0 Å². The lowest BCUT2D eigenvalue weighted by Gasteiger charge is -2.20. The molecule has 0 amide bonds. The minimum absolute atomic E-state index is 0.435. The average molecular weight is 258 g/mol. The Kier molecular flexibility index (Phi) is 14.8. The van der Waals surface area contributed by atoms with E-state index in [0.29, 0.717) is 6.17 Å². The lowest BCUT2D eigenvalue weighted by molar-refractivity contribution is 0.383. The lowest BCUT2D eigenvalue weighted by Crippen LogP contribution is -2.43. The van der Waals surface area contributed by atoms with E-state index in [0.717, 1.165) is 39.0 Å². The molecule has 0 fully saturated rings. The van der Waals surface area contributed by atoms with E-state index in [4.69, 9.17) is 11.5 Å². The Morgan fingerprint density at radius 2 is 1.33 bits per heavy atom. The van der Waals surface area contributed by atoms with Crippen LogP contribution in [0.2, 0.25) is 0 Å². The van der Waals surface area contributed by atoms with Crippen molar-refractivity contribution in [1.29, 1.82) is 0 Å². The van der Waals surface area contributed by atoms with Crippen LogP contribution in [0, 0.1) is 0 Å². The highest BCUT2D eigenvalue weighted by Gasteiger charge is 2.05. The smallest absolute Gasteiger partial charge is 0.0571 e. The molecule has 0 unspecified atom stereocenters. The first-order valence-electron chi connectivity index (χ1n) is 7.72. The van der Waals surface area contributed by atoms with Crippen molar-refractivity contribution < 1.29 is 0 Å². The Morgan fingerprint density at radius 1 is 0.778 bits per heavy atom. The molecule has 0 radical (unpaired) electrons. The van der Waals surface area contributed by atoms with Crippen LogP contribution < -0.4 is 22.1 Å². The van der Waals surface area contributed by atoms with Crippen molar-refractivity contribution >= 4 is 0 Å². The molecule has 0 aromatic rings. The predicted octanol–water partition coefficient (Wildman–Crippen LogP) is 1.55. The Morgan fingerprint density at radius 3 is 1.83 bits per heavy atom. The van der Waals surface area contributed by atoms with E-state index in [1.807, 2.05) is 0 Å². The van der Waals surface area contributed by atoms with E-state index in [-0.39, 0.29) is 0 Å². The highest BCUT2D eigenvalue weighted by Crippen LogP contribution is 2.06. The van der Waals surface area contributed by atoms with Gasteiger partial charge in [-0.1, -0.05) is 39.0 Å². The molecule has 110 valence electrons. The maximum atomic E-state index is 5.51. The van der Waals surface area contributed by atoms with Gasteiger partial charge in [0.1, 0.15) is 0 Å². The van der Waals surface area contributed by atoms with Gasteiger partial charge in [-0.3, -0.25) is 0 Å².